The minimum Gasteiger partial charge on any atom is -0.348 e. The van der Waals surface area contributed by atoms with Crippen molar-refractivity contribution in [2.45, 2.75) is 6.54 Å². The maximum absolute atomic E-state index is 12.2. The molecule has 2 aromatic carbocycles. The molecular formula is C15H13N3O2. The fourth-order valence-electron chi connectivity index (χ4n) is 2.12. The van der Waals surface area contributed by atoms with Gasteiger partial charge in [0.1, 0.15) is 0 Å². The smallest absolute Gasteiger partial charge is 0.323 e. The molecule has 0 aliphatic rings. The molecule has 0 aliphatic heterocycles. The third-order valence-electron chi connectivity index (χ3n) is 3.09. The van der Waals surface area contributed by atoms with Crippen molar-refractivity contribution in [3.63, 3.8) is 0 Å². The Morgan fingerprint density at radius 1 is 1.00 bits per heavy atom. The standard InChI is InChI=1S/C15H13N3O2/c19-14(16-9-10-5-2-1-3-6-10)11-7-4-8-12-13(11)18-15(20)17-12/h1-8H,9H2,(H,16,19)(H2,17,18,20). The summed E-state index contributed by atoms with van der Waals surface area (Å²) in [6.45, 7) is 0.449. The lowest BCUT2D eigenvalue weighted by Crippen LogP contribution is -2.23. The second kappa shape index (κ2) is 5.05. The van der Waals surface area contributed by atoms with Crippen molar-refractivity contribution in [2.24, 2.45) is 0 Å². The lowest BCUT2D eigenvalue weighted by atomic mass is 10.1. The first-order valence-corrected chi connectivity index (χ1v) is 6.27. The zero-order valence-electron chi connectivity index (χ0n) is 10.6. The first-order valence-electron chi connectivity index (χ1n) is 6.27. The fraction of sp³-hybridized carbons (Fsp3) is 0.0667. The van der Waals surface area contributed by atoms with Crippen LogP contribution in [0.4, 0.5) is 0 Å². The number of rotatable bonds is 3. The van der Waals surface area contributed by atoms with Gasteiger partial charge in [0, 0.05) is 6.54 Å². The molecule has 5 nitrogen and oxygen atoms in total. The highest BCUT2D eigenvalue weighted by molar-refractivity contribution is 6.04. The zero-order valence-corrected chi connectivity index (χ0v) is 10.6. The summed E-state index contributed by atoms with van der Waals surface area (Å²) >= 11 is 0. The van der Waals surface area contributed by atoms with Gasteiger partial charge < -0.3 is 15.3 Å². The largest absolute Gasteiger partial charge is 0.348 e. The van der Waals surface area contributed by atoms with Crippen molar-refractivity contribution >= 4 is 16.9 Å². The third-order valence-corrected chi connectivity index (χ3v) is 3.09. The molecule has 1 aromatic heterocycles. The van der Waals surface area contributed by atoms with Gasteiger partial charge in [-0.3, -0.25) is 4.79 Å². The molecule has 0 saturated carbocycles. The summed E-state index contributed by atoms with van der Waals surface area (Å²) in [4.78, 5) is 28.8. The lowest BCUT2D eigenvalue weighted by Gasteiger charge is -2.06. The molecule has 0 radical (unpaired) electrons. The van der Waals surface area contributed by atoms with Crippen molar-refractivity contribution in [2.75, 3.05) is 0 Å². The molecule has 0 saturated heterocycles. The zero-order chi connectivity index (χ0) is 13.9. The Kier molecular flexibility index (Phi) is 3.09. The number of aromatic amines is 2. The predicted octanol–water partition coefficient (Wildman–Crippen LogP) is 1.79. The Bertz CT molecular complexity index is 803. The van der Waals surface area contributed by atoms with E-state index in [0.717, 1.165) is 5.56 Å². The van der Waals surface area contributed by atoms with Crippen molar-refractivity contribution < 1.29 is 4.79 Å². The Labute approximate surface area is 114 Å². The number of H-pyrrole nitrogens is 2. The van der Waals surface area contributed by atoms with Crippen LogP contribution in [-0.2, 0) is 6.54 Å². The van der Waals surface area contributed by atoms with Gasteiger partial charge in [-0.15, -0.1) is 0 Å². The fourth-order valence-corrected chi connectivity index (χ4v) is 2.12. The highest BCUT2D eigenvalue weighted by Gasteiger charge is 2.11. The molecule has 5 heteroatoms. The van der Waals surface area contributed by atoms with Crippen LogP contribution in [-0.4, -0.2) is 15.9 Å². The van der Waals surface area contributed by atoms with Crippen LogP contribution in [0, 0.1) is 0 Å². The third kappa shape index (κ3) is 2.33. The van der Waals surface area contributed by atoms with Crippen LogP contribution in [0.25, 0.3) is 11.0 Å². The number of benzene rings is 2. The minimum absolute atomic E-state index is 0.213. The maximum atomic E-state index is 12.2. The molecule has 20 heavy (non-hydrogen) atoms. The van der Waals surface area contributed by atoms with Gasteiger partial charge >= 0.3 is 5.69 Å². The van der Waals surface area contributed by atoms with Gasteiger partial charge in [0.2, 0.25) is 0 Å². The van der Waals surface area contributed by atoms with Gasteiger partial charge in [-0.25, -0.2) is 4.79 Å². The molecule has 0 bridgehead atoms. The number of amides is 1. The minimum atomic E-state index is -0.316. The number of carbonyl (C=O) groups is 1. The molecule has 100 valence electrons. The Hall–Kier alpha value is -2.82. The van der Waals surface area contributed by atoms with E-state index in [4.69, 9.17) is 0 Å². The summed E-state index contributed by atoms with van der Waals surface area (Å²) in [6.07, 6.45) is 0. The van der Waals surface area contributed by atoms with E-state index in [-0.39, 0.29) is 11.6 Å². The summed E-state index contributed by atoms with van der Waals surface area (Å²) < 4.78 is 0. The molecule has 0 spiro atoms. The summed E-state index contributed by atoms with van der Waals surface area (Å²) in [7, 11) is 0. The van der Waals surface area contributed by atoms with Crippen LogP contribution >= 0.6 is 0 Å². The van der Waals surface area contributed by atoms with Crippen LogP contribution in [0.3, 0.4) is 0 Å². The van der Waals surface area contributed by atoms with Crippen molar-refractivity contribution in [1.29, 1.82) is 0 Å². The van der Waals surface area contributed by atoms with Gasteiger partial charge in [0.15, 0.2) is 0 Å². The normalized spacial score (nSPS) is 10.6. The highest BCUT2D eigenvalue weighted by atomic mass is 16.2. The number of fused-ring (bicyclic) bond motifs is 1. The second-order valence-corrected chi connectivity index (χ2v) is 4.48. The van der Waals surface area contributed by atoms with Gasteiger partial charge in [0.25, 0.3) is 5.91 Å². The van der Waals surface area contributed by atoms with E-state index in [2.05, 4.69) is 15.3 Å². The average molecular weight is 267 g/mol. The first-order chi connectivity index (χ1) is 9.74. The van der Waals surface area contributed by atoms with E-state index >= 15 is 0 Å². The average Bonchev–Trinajstić information content (AvgIpc) is 2.85. The summed E-state index contributed by atoms with van der Waals surface area (Å²) in [6, 6.07) is 14.8. The number of nitrogens with one attached hydrogen (secondary N) is 3. The molecule has 1 heterocycles. The summed E-state index contributed by atoms with van der Waals surface area (Å²) in [5.41, 5.74) is 2.32. The van der Waals surface area contributed by atoms with Crippen LogP contribution in [0.15, 0.2) is 53.3 Å². The summed E-state index contributed by atoms with van der Waals surface area (Å²) in [5, 5.41) is 2.84. The highest BCUT2D eigenvalue weighted by Crippen LogP contribution is 2.13. The van der Waals surface area contributed by atoms with E-state index in [1.165, 1.54) is 0 Å². The van der Waals surface area contributed by atoms with Crippen LogP contribution in [0.1, 0.15) is 15.9 Å². The van der Waals surface area contributed by atoms with E-state index in [9.17, 15) is 9.59 Å². The summed E-state index contributed by atoms with van der Waals surface area (Å²) in [5.74, 6) is -0.213. The topological polar surface area (TPSA) is 77.8 Å². The van der Waals surface area contributed by atoms with Crippen molar-refractivity contribution in [3.05, 3.63) is 70.1 Å². The number of hydrogen-bond donors (Lipinski definition) is 3. The SMILES string of the molecule is O=C(NCc1ccccc1)c1cccc2[nH]c(=O)[nH]c12. The molecular weight excluding hydrogens is 254 g/mol. The van der Waals surface area contributed by atoms with E-state index in [0.29, 0.717) is 23.1 Å². The molecule has 0 atom stereocenters. The van der Waals surface area contributed by atoms with Crippen molar-refractivity contribution in [3.8, 4) is 0 Å². The van der Waals surface area contributed by atoms with E-state index in [1.54, 1.807) is 18.2 Å². The number of aromatic nitrogens is 2. The van der Waals surface area contributed by atoms with Crippen LogP contribution in [0.5, 0.6) is 0 Å². The Balaban J connectivity index is 1.84. The van der Waals surface area contributed by atoms with E-state index < -0.39 is 0 Å². The number of carbonyl (C=O) groups excluding carboxylic acids is 1. The van der Waals surface area contributed by atoms with Gasteiger partial charge in [-0.1, -0.05) is 36.4 Å². The molecule has 3 N–H and O–H groups in total. The quantitative estimate of drug-likeness (QED) is 0.676. The number of imidazole rings is 1. The molecule has 1 amide bonds. The second-order valence-electron chi connectivity index (χ2n) is 4.48. The van der Waals surface area contributed by atoms with Gasteiger partial charge in [-0.2, -0.15) is 0 Å². The van der Waals surface area contributed by atoms with Crippen LogP contribution in [0.2, 0.25) is 0 Å². The molecule has 3 aromatic rings. The van der Waals surface area contributed by atoms with Gasteiger partial charge in [-0.05, 0) is 17.7 Å². The van der Waals surface area contributed by atoms with Crippen LogP contribution < -0.4 is 11.0 Å². The Morgan fingerprint density at radius 2 is 1.80 bits per heavy atom. The molecule has 0 fully saturated rings. The number of para-hydroxylation sites is 1. The van der Waals surface area contributed by atoms with Gasteiger partial charge in [0.05, 0.1) is 16.6 Å². The van der Waals surface area contributed by atoms with Crippen molar-refractivity contribution in [1.82, 2.24) is 15.3 Å². The monoisotopic (exact) mass is 267 g/mol. The molecule has 0 aliphatic carbocycles. The first kappa shape index (κ1) is 12.2. The Morgan fingerprint density at radius 3 is 2.60 bits per heavy atom. The maximum Gasteiger partial charge on any atom is 0.323 e. The lowest BCUT2D eigenvalue weighted by molar-refractivity contribution is 0.0952. The molecule has 3 rings (SSSR count). The molecule has 0 unspecified atom stereocenters. The number of hydrogen-bond acceptors (Lipinski definition) is 2. The predicted molar refractivity (Wildman–Crippen MR) is 76.5 cm³/mol. The van der Waals surface area contributed by atoms with E-state index in [1.807, 2.05) is 30.3 Å².